The van der Waals surface area contributed by atoms with Gasteiger partial charge < -0.3 is 10.1 Å². The van der Waals surface area contributed by atoms with Gasteiger partial charge in [0, 0.05) is 17.8 Å². The summed E-state index contributed by atoms with van der Waals surface area (Å²) < 4.78 is 28.8. The molecule has 1 aromatic carbocycles. The Bertz CT molecular complexity index is 466. The molecule has 0 saturated carbocycles. The van der Waals surface area contributed by atoms with Gasteiger partial charge in [-0.1, -0.05) is 0 Å². The SMILES string of the molecule is COC(=N)c1cc([N+](=O)[O-])ccc1NCC(F)F. The van der Waals surface area contributed by atoms with Crippen molar-refractivity contribution in [3.63, 3.8) is 0 Å². The second-order valence-electron chi connectivity index (χ2n) is 3.29. The number of ether oxygens (including phenoxy) is 1. The van der Waals surface area contributed by atoms with Crippen LogP contribution < -0.4 is 5.32 Å². The van der Waals surface area contributed by atoms with Gasteiger partial charge in [-0.05, 0) is 6.07 Å². The summed E-state index contributed by atoms with van der Waals surface area (Å²) in [5.41, 5.74) is 0.00879. The highest BCUT2D eigenvalue weighted by atomic mass is 19.3. The number of nitro benzene ring substituents is 1. The van der Waals surface area contributed by atoms with Crippen molar-refractivity contribution in [1.29, 1.82) is 5.41 Å². The van der Waals surface area contributed by atoms with E-state index < -0.39 is 17.9 Å². The molecule has 0 amide bonds. The van der Waals surface area contributed by atoms with Crippen LogP contribution in [-0.4, -0.2) is 30.9 Å². The first-order valence-electron chi connectivity index (χ1n) is 4.89. The Hall–Kier alpha value is -2.25. The first-order chi connectivity index (χ1) is 8.45. The van der Waals surface area contributed by atoms with Gasteiger partial charge in [0.15, 0.2) is 0 Å². The monoisotopic (exact) mass is 259 g/mol. The van der Waals surface area contributed by atoms with Crippen LogP contribution in [0.15, 0.2) is 18.2 Å². The van der Waals surface area contributed by atoms with Crippen LogP contribution in [0.5, 0.6) is 0 Å². The highest BCUT2D eigenvalue weighted by Crippen LogP contribution is 2.23. The normalized spacial score (nSPS) is 10.2. The molecule has 0 aliphatic carbocycles. The molecule has 0 atom stereocenters. The van der Waals surface area contributed by atoms with Gasteiger partial charge in [0.1, 0.15) is 0 Å². The van der Waals surface area contributed by atoms with E-state index >= 15 is 0 Å². The lowest BCUT2D eigenvalue weighted by atomic mass is 10.1. The third-order valence-electron chi connectivity index (χ3n) is 2.11. The van der Waals surface area contributed by atoms with Gasteiger partial charge in [0.05, 0.1) is 24.1 Å². The van der Waals surface area contributed by atoms with Crippen molar-refractivity contribution in [3.8, 4) is 0 Å². The number of benzene rings is 1. The maximum atomic E-state index is 12.1. The zero-order valence-corrected chi connectivity index (χ0v) is 9.44. The van der Waals surface area contributed by atoms with Crippen molar-refractivity contribution in [2.45, 2.75) is 6.43 Å². The average molecular weight is 259 g/mol. The number of rotatable bonds is 5. The summed E-state index contributed by atoms with van der Waals surface area (Å²) in [6.07, 6.45) is -2.57. The summed E-state index contributed by atoms with van der Waals surface area (Å²) in [5.74, 6) is -0.338. The summed E-state index contributed by atoms with van der Waals surface area (Å²) in [5, 5.41) is 20.5. The largest absolute Gasteiger partial charge is 0.481 e. The summed E-state index contributed by atoms with van der Waals surface area (Å²) in [7, 11) is 1.22. The molecule has 0 aromatic heterocycles. The third kappa shape index (κ3) is 3.37. The number of nitrogens with zero attached hydrogens (tertiary/aromatic N) is 1. The van der Waals surface area contributed by atoms with E-state index in [1.165, 1.54) is 19.2 Å². The van der Waals surface area contributed by atoms with Crippen LogP contribution in [-0.2, 0) is 4.74 Å². The minimum atomic E-state index is -2.57. The number of anilines is 1. The lowest BCUT2D eigenvalue weighted by molar-refractivity contribution is -0.384. The highest BCUT2D eigenvalue weighted by molar-refractivity contribution is 5.98. The smallest absolute Gasteiger partial charge is 0.270 e. The molecule has 0 saturated heterocycles. The van der Waals surface area contributed by atoms with E-state index in [2.05, 4.69) is 10.1 Å². The molecule has 6 nitrogen and oxygen atoms in total. The fourth-order valence-electron chi connectivity index (χ4n) is 1.28. The Morgan fingerprint density at radius 2 is 2.28 bits per heavy atom. The van der Waals surface area contributed by atoms with E-state index in [4.69, 9.17) is 5.41 Å². The number of hydrogen-bond donors (Lipinski definition) is 2. The van der Waals surface area contributed by atoms with E-state index in [0.29, 0.717) is 0 Å². The molecule has 0 spiro atoms. The molecule has 1 aromatic rings. The Kier molecular flexibility index (Phi) is 4.52. The van der Waals surface area contributed by atoms with Crippen molar-refractivity contribution < 1.29 is 18.4 Å². The first kappa shape index (κ1) is 13.8. The van der Waals surface area contributed by atoms with Gasteiger partial charge in [0.2, 0.25) is 5.90 Å². The van der Waals surface area contributed by atoms with Crippen LogP contribution in [0.1, 0.15) is 5.56 Å². The Balaban J connectivity index is 3.08. The maximum Gasteiger partial charge on any atom is 0.270 e. The summed E-state index contributed by atoms with van der Waals surface area (Å²) in [6, 6.07) is 3.53. The van der Waals surface area contributed by atoms with Crippen LogP contribution in [0.4, 0.5) is 20.2 Å². The molecule has 0 aliphatic rings. The maximum absolute atomic E-state index is 12.1. The molecule has 1 rings (SSSR count). The van der Waals surface area contributed by atoms with E-state index in [-0.39, 0.29) is 22.8 Å². The number of non-ortho nitro benzene ring substituents is 1. The molecular formula is C10H11F2N3O3. The molecule has 0 heterocycles. The molecule has 0 radical (unpaired) electrons. The fourth-order valence-corrected chi connectivity index (χ4v) is 1.28. The minimum absolute atomic E-state index is 0.0624. The quantitative estimate of drug-likeness (QED) is 0.367. The Morgan fingerprint density at radius 3 is 2.78 bits per heavy atom. The number of hydrogen-bond acceptors (Lipinski definition) is 5. The molecule has 0 bridgehead atoms. The topological polar surface area (TPSA) is 88.2 Å². The standard InChI is InChI=1S/C10H11F2N3O3/c1-18-10(13)7-4-6(15(16)17)2-3-8(7)14-5-9(11)12/h2-4,9,13-14H,5H2,1H3. The van der Waals surface area contributed by atoms with Crippen LogP contribution in [0, 0.1) is 15.5 Å². The molecular weight excluding hydrogens is 248 g/mol. The second-order valence-corrected chi connectivity index (χ2v) is 3.29. The zero-order chi connectivity index (χ0) is 13.7. The number of halogens is 2. The van der Waals surface area contributed by atoms with Crippen molar-refractivity contribution in [3.05, 3.63) is 33.9 Å². The van der Waals surface area contributed by atoms with Gasteiger partial charge in [-0.2, -0.15) is 0 Å². The fraction of sp³-hybridized carbons (Fsp3) is 0.300. The molecule has 0 unspecified atom stereocenters. The predicted molar refractivity (Wildman–Crippen MR) is 61.4 cm³/mol. The van der Waals surface area contributed by atoms with Gasteiger partial charge in [0.25, 0.3) is 12.1 Å². The first-order valence-corrected chi connectivity index (χ1v) is 4.89. The van der Waals surface area contributed by atoms with Crippen molar-refractivity contribution in [1.82, 2.24) is 0 Å². The summed E-state index contributed by atoms with van der Waals surface area (Å²) in [4.78, 5) is 9.96. The summed E-state index contributed by atoms with van der Waals surface area (Å²) in [6.45, 7) is -0.609. The molecule has 98 valence electrons. The average Bonchev–Trinajstić information content (AvgIpc) is 2.34. The number of nitro groups is 1. The predicted octanol–water partition coefficient (Wildman–Crippen LogP) is 2.24. The van der Waals surface area contributed by atoms with Crippen molar-refractivity contribution in [2.75, 3.05) is 19.0 Å². The van der Waals surface area contributed by atoms with Gasteiger partial charge in [-0.15, -0.1) is 0 Å². The van der Waals surface area contributed by atoms with E-state index in [9.17, 15) is 18.9 Å². The van der Waals surface area contributed by atoms with Gasteiger partial charge in [-0.25, -0.2) is 8.78 Å². The van der Waals surface area contributed by atoms with Gasteiger partial charge >= 0.3 is 0 Å². The Morgan fingerprint density at radius 1 is 1.61 bits per heavy atom. The van der Waals surface area contributed by atoms with Crippen LogP contribution >= 0.6 is 0 Å². The van der Waals surface area contributed by atoms with Gasteiger partial charge in [-0.3, -0.25) is 15.5 Å². The lowest BCUT2D eigenvalue weighted by Crippen LogP contribution is -2.14. The van der Waals surface area contributed by atoms with E-state index in [1.54, 1.807) is 0 Å². The second kappa shape index (κ2) is 5.89. The lowest BCUT2D eigenvalue weighted by Gasteiger charge is -2.11. The van der Waals surface area contributed by atoms with E-state index in [1.807, 2.05) is 0 Å². The number of methoxy groups -OCH3 is 1. The van der Waals surface area contributed by atoms with E-state index in [0.717, 1.165) is 6.07 Å². The Labute approximate surface area is 101 Å². The molecule has 18 heavy (non-hydrogen) atoms. The molecule has 2 N–H and O–H groups in total. The molecule has 8 heteroatoms. The zero-order valence-electron chi connectivity index (χ0n) is 9.44. The minimum Gasteiger partial charge on any atom is -0.481 e. The molecule has 0 fully saturated rings. The highest BCUT2D eigenvalue weighted by Gasteiger charge is 2.15. The summed E-state index contributed by atoms with van der Waals surface area (Å²) >= 11 is 0. The van der Waals surface area contributed by atoms with Crippen LogP contribution in [0.3, 0.4) is 0 Å². The van der Waals surface area contributed by atoms with Crippen LogP contribution in [0.2, 0.25) is 0 Å². The van der Waals surface area contributed by atoms with Crippen molar-refractivity contribution in [2.24, 2.45) is 0 Å². The van der Waals surface area contributed by atoms with Crippen molar-refractivity contribution >= 4 is 17.3 Å². The number of alkyl halides is 2. The third-order valence-corrected chi connectivity index (χ3v) is 2.11. The molecule has 0 aliphatic heterocycles. The number of nitrogens with one attached hydrogen (secondary N) is 2. The van der Waals surface area contributed by atoms with Crippen LogP contribution in [0.25, 0.3) is 0 Å².